The first-order valence-corrected chi connectivity index (χ1v) is 10.2. The molecule has 0 bridgehead atoms. The summed E-state index contributed by atoms with van der Waals surface area (Å²) in [6.07, 6.45) is 1.69. The zero-order valence-electron chi connectivity index (χ0n) is 17.2. The minimum Gasteiger partial charge on any atom is -0.471 e. The monoisotopic (exact) mass is 435 g/mol. The highest BCUT2D eigenvalue weighted by atomic mass is 35.5. The highest BCUT2D eigenvalue weighted by Crippen LogP contribution is 2.18. The fourth-order valence-electron chi connectivity index (χ4n) is 3.20. The predicted octanol–water partition coefficient (Wildman–Crippen LogP) is 4.69. The van der Waals surface area contributed by atoms with Crippen LogP contribution in [0.4, 0.5) is 5.69 Å². The summed E-state index contributed by atoms with van der Waals surface area (Å²) in [5, 5.41) is 12.3. The number of nitrogens with zero attached hydrogens (tertiary/aromatic N) is 4. The normalized spacial score (nSPS) is 10.8. The molecule has 2 aromatic carbocycles. The summed E-state index contributed by atoms with van der Waals surface area (Å²) in [5.74, 6) is 0.346. The molecule has 0 spiro atoms. The third-order valence-electron chi connectivity index (χ3n) is 4.65. The van der Waals surface area contributed by atoms with Gasteiger partial charge >= 0.3 is 0 Å². The number of hydrogen-bond donors (Lipinski definition) is 1. The number of aryl methyl sites for hydroxylation is 2. The molecule has 4 aromatic rings. The molecule has 2 aromatic heterocycles. The van der Waals surface area contributed by atoms with Gasteiger partial charge in [-0.1, -0.05) is 29.8 Å². The van der Waals surface area contributed by atoms with E-state index in [1.54, 1.807) is 29.1 Å². The first kappa shape index (κ1) is 20.7. The average Bonchev–Trinajstić information content (AvgIpc) is 3.33. The Kier molecular flexibility index (Phi) is 6.04. The molecule has 158 valence electrons. The number of hydrogen-bond acceptors (Lipinski definition) is 4. The van der Waals surface area contributed by atoms with Crippen LogP contribution in [-0.2, 0) is 13.3 Å². The zero-order valence-corrected chi connectivity index (χ0v) is 18.0. The fraction of sp³-hybridized carbons (Fsp3) is 0.174. The Hall–Kier alpha value is -3.58. The lowest BCUT2D eigenvalue weighted by atomic mass is 10.2. The molecule has 0 fully saturated rings. The van der Waals surface area contributed by atoms with Crippen LogP contribution in [0.5, 0.6) is 5.75 Å². The minimum absolute atomic E-state index is 0.172. The van der Waals surface area contributed by atoms with Gasteiger partial charge in [0.2, 0.25) is 0 Å². The van der Waals surface area contributed by atoms with Gasteiger partial charge < -0.3 is 10.1 Å². The van der Waals surface area contributed by atoms with Gasteiger partial charge in [-0.3, -0.25) is 9.48 Å². The standard InChI is InChI=1S/C23H22ClN5O2/c1-16-11-17(2)29(26-16)14-18-5-3-7-20(12-18)25-23(30)22-9-10-28(27-22)15-31-21-8-4-6-19(24)13-21/h3-13H,14-15H2,1-2H3,(H,25,30). The van der Waals surface area contributed by atoms with Crippen LogP contribution in [0.1, 0.15) is 27.4 Å². The average molecular weight is 436 g/mol. The van der Waals surface area contributed by atoms with Crippen LogP contribution in [0.3, 0.4) is 0 Å². The molecule has 0 atom stereocenters. The van der Waals surface area contributed by atoms with E-state index in [1.807, 2.05) is 61.0 Å². The van der Waals surface area contributed by atoms with E-state index >= 15 is 0 Å². The van der Waals surface area contributed by atoms with Crippen LogP contribution in [0, 0.1) is 13.8 Å². The molecule has 0 saturated heterocycles. The first-order valence-electron chi connectivity index (χ1n) is 9.79. The van der Waals surface area contributed by atoms with Gasteiger partial charge in [0.15, 0.2) is 12.4 Å². The van der Waals surface area contributed by atoms with E-state index in [4.69, 9.17) is 16.3 Å². The smallest absolute Gasteiger partial charge is 0.276 e. The summed E-state index contributed by atoms with van der Waals surface area (Å²) < 4.78 is 9.14. The molecular weight excluding hydrogens is 414 g/mol. The lowest BCUT2D eigenvalue weighted by Crippen LogP contribution is -2.14. The quantitative estimate of drug-likeness (QED) is 0.457. The second kappa shape index (κ2) is 9.06. The molecule has 0 aliphatic carbocycles. The number of rotatable bonds is 7. The van der Waals surface area contributed by atoms with Crippen molar-refractivity contribution >= 4 is 23.2 Å². The molecule has 1 amide bonds. The van der Waals surface area contributed by atoms with E-state index in [-0.39, 0.29) is 12.6 Å². The highest BCUT2D eigenvalue weighted by molar-refractivity contribution is 6.30. The molecule has 0 aliphatic rings. The SMILES string of the molecule is Cc1cc(C)n(Cc2cccc(NC(=O)c3ccn(COc4cccc(Cl)c4)n3)c2)n1. The maximum atomic E-state index is 12.6. The summed E-state index contributed by atoms with van der Waals surface area (Å²) in [5.41, 5.74) is 4.13. The van der Waals surface area contributed by atoms with Crippen molar-refractivity contribution in [3.63, 3.8) is 0 Å². The molecular formula is C23H22ClN5O2. The van der Waals surface area contributed by atoms with Gasteiger partial charge in [0, 0.05) is 22.6 Å². The van der Waals surface area contributed by atoms with Crippen LogP contribution in [0.15, 0.2) is 66.9 Å². The molecule has 7 nitrogen and oxygen atoms in total. The van der Waals surface area contributed by atoms with E-state index in [2.05, 4.69) is 15.5 Å². The third-order valence-corrected chi connectivity index (χ3v) is 4.89. The Morgan fingerprint density at radius 2 is 1.90 bits per heavy atom. The van der Waals surface area contributed by atoms with Crippen molar-refractivity contribution in [2.75, 3.05) is 5.32 Å². The summed E-state index contributed by atoms with van der Waals surface area (Å²) in [7, 11) is 0. The van der Waals surface area contributed by atoms with Crippen molar-refractivity contribution in [1.29, 1.82) is 0 Å². The fourth-order valence-corrected chi connectivity index (χ4v) is 3.38. The van der Waals surface area contributed by atoms with Crippen molar-refractivity contribution in [3.05, 3.63) is 94.5 Å². The van der Waals surface area contributed by atoms with Crippen LogP contribution in [0.2, 0.25) is 5.02 Å². The van der Waals surface area contributed by atoms with E-state index in [0.29, 0.717) is 28.7 Å². The molecule has 31 heavy (non-hydrogen) atoms. The Morgan fingerprint density at radius 1 is 1.06 bits per heavy atom. The maximum Gasteiger partial charge on any atom is 0.276 e. The largest absolute Gasteiger partial charge is 0.471 e. The van der Waals surface area contributed by atoms with Crippen LogP contribution in [-0.4, -0.2) is 25.5 Å². The Bertz CT molecular complexity index is 1210. The number of halogens is 1. The minimum atomic E-state index is -0.287. The summed E-state index contributed by atoms with van der Waals surface area (Å²) in [6, 6.07) is 18.5. The summed E-state index contributed by atoms with van der Waals surface area (Å²) in [4.78, 5) is 12.6. The van der Waals surface area contributed by atoms with Gasteiger partial charge in [0.1, 0.15) is 5.75 Å². The first-order chi connectivity index (χ1) is 15.0. The number of anilines is 1. The van der Waals surface area contributed by atoms with Gasteiger partial charge in [0.25, 0.3) is 5.91 Å². The van der Waals surface area contributed by atoms with E-state index in [0.717, 1.165) is 17.0 Å². The molecule has 0 saturated carbocycles. The Balaban J connectivity index is 1.38. The highest BCUT2D eigenvalue weighted by Gasteiger charge is 2.11. The zero-order chi connectivity index (χ0) is 21.8. The van der Waals surface area contributed by atoms with Crippen LogP contribution >= 0.6 is 11.6 Å². The van der Waals surface area contributed by atoms with Crippen molar-refractivity contribution in [2.45, 2.75) is 27.1 Å². The number of amides is 1. The summed E-state index contributed by atoms with van der Waals surface area (Å²) in [6.45, 7) is 4.81. The Labute approximate surface area is 185 Å². The number of nitrogens with one attached hydrogen (secondary N) is 1. The topological polar surface area (TPSA) is 74.0 Å². The lowest BCUT2D eigenvalue weighted by Gasteiger charge is -2.08. The maximum absolute atomic E-state index is 12.6. The van der Waals surface area contributed by atoms with Gasteiger partial charge in [-0.05, 0) is 61.9 Å². The molecule has 0 aliphatic heterocycles. The molecule has 8 heteroatoms. The van der Waals surface area contributed by atoms with Gasteiger partial charge in [0.05, 0.1) is 12.2 Å². The molecule has 1 N–H and O–H groups in total. The molecule has 2 heterocycles. The molecule has 0 radical (unpaired) electrons. The van der Waals surface area contributed by atoms with Gasteiger partial charge in [-0.2, -0.15) is 10.2 Å². The third kappa shape index (κ3) is 5.32. The van der Waals surface area contributed by atoms with Crippen molar-refractivity contribution in [1.82, 2.24) is 19.6 Å². The van der Waals surface area contributed by atoms with Crippen LogP contribution < -0.4 is 10.1 Å². The predicted molar refractivity (Wildman–Crippen MR) is 120 cm³/mol. The van der Waals surface area contributed by atoms with Gasteiger partial charge in [-0.25, -0.2) is 4.68 Å². The lowest BCUT2D eigenvalue weighted by molar-refractivity contribution is 0.102. The van der Waals surface area contributed by atoms with E-state index in [9.17, 15) is 4.79 Å². The van der Waals surface area contributed by atoms with Crippen molar-refractivity contribution < 1.29 is 9.53 Å². The second-order valence-electron chi connectivity index (χ2n) is 7.21. The number of ether oxygens (including phenoxy) is 1. The summed E-state index contributed by atoms with van der Waals surface area (Å²) >= 11 is 5.95. The van der Waals surface area contributed by atoms with E-state index < -0.39 is 0 Å². The second-order valence-corrected chi connectivity index (χ2v) is 7.65. The number of carbonyl (C=O) groups is 1. The Morgan fingerprint density at radius 3 is 2.68 bits per heavy atom. The molecule has 4 rings (SSSR count). The van der Waals surface area contributed by atoms with Crippen molar-refractivity contribution in [3.8, 4) is 5.75 Å². The number of benzene rings is 2. The number of aromatic nitrogens is 4. The van der Waals surface area contributed by atoms with Gasteiger partial charge in [-0.15, -0.1) is 0 Å². The molecule has 0 unspecified atom stereocenters. The van der Waals surface area contributed by atoms with E-state index in [1.165, 1.54) is 0 Å². The van der Waals surface area contributed by atoms with Crippen molar-refractivity contribution in [2.24, 2.45) is 0 Å². The van der Waals surface area contributed by atoms with Crippen LogP contribution in [0.25, 0.3) is 0 Å². The number of carbonyl (C=O) groups excluding carboxylic acids is 1.